The van der Waals surface area contributed by atoms with Crippen molar-refractivity contribution in [2.45, 2.75) is 25.5 Å². The minimum Gasteiger partial charge on any atom is -0.497 e. The number of rotatable bonds is 8. The summed E-state index contributed by atoms with van der Waals surface area (Å²) in [5.74, 6) is -1.39. The van der Waals surface area contributed by atoms with E-state index in [1.165, 1.54) is 6.20 Å². The maximum atomic E-state index is 15.2. The lowest BCUT2D eigenvalue weighted by atomic mass is 10.1. The van der Waals surface area contributed by atoms with E-state index in [1.807, 2.05) is 24.3 Å². The summed E-state index contributed by atoms with van der Waals surface area (Å²) in [5.41, 5.74) is 6.68. The summed E-state index contributed by atoms with van der Waals surface area (Å²) in [7, 11) is -2.07. The van der Waals surface area contributed by atoms with Crippen molar-refractivity contribution in [1.29, 1.82) is 0 Å². The van der Waals surface area contributed by atoms with E-state index in [2.05, 4.69) is 10.1 Å². The number of benzene rings is 1. The first-order valence-corrected chi connectivity index (χ1v) is 14.4. The van der Waals surface area contributed by atoms with Crippen LogP contribution in [-0.4, -0.2) is 72.3 Å². The van der Waals surface area contributed by atoms with Gasteiger partial charge in [-0.2, -0.15) is 8.42 Å². The third-order valence-corrected chi connectivity index (χ3v) is 6.53. The Morgan fingerprint density at radius 2 is 1.93 bits per heavy atom. The number of methoxy groups -OCH3 is 1. The van der Waals surface area contributed by atoms with Gasteiger partial charge in [0.25, 0.3) is 10.1 Å². The van der Waals surface area contributed by atoms with E-state index in [0.717, 1.165) is 30.2 Å². The van der Waals surface area contributed by atoms with E-state index >= 15 is 4.39 Å². The van der Waals surface area contributed by atoms with E-state index < -0.39 is 32.9 Å². The van der Waals surface area contributed by atoms with Gasteiger partial charge >= 0.3 is 5.97 Å². The lowest BCUT2D eigenvalue weighted by Crippen LogP contribution is -2.26. The largest absolute Gasteiger partial charge is 0.497 e. The predicted molar refractivity (Wildman–Crippen MR) is 149 cm³/mol. The molecule has 1 saturated carbocycles. The van der Waals surface area contributed by atoms with Gasteiger partial charge in [0.2, 0.25) is 5.43 Å². The predicted octanol–water partition coefficient (Wildman–Crippen LogP) is 2.05. The Morgan fingerprint density at radius 3 is 2.49 bits per heavy atom. The van der Waals surface area contributed by atoms with Crippen molar-refractivity contribution in [3.8, 4) is 5.75 Å². The number of aromatic carboxylic acids is 1. The Bertz CT molecular complexity index is 1630. The zero-order valence-corrected chi connectivity index (χ0v) is 23.2. The normalized spacial score (nSPS) is 17.8. The van der Waals surface area contributed by atoms with Crippen molar-refractivity contribution >= 4 is 38.7 Å². The first-order chi connectivity index (χ1) is 19.4. The van der Waals surface area contributed by atoms with Crippen LogP contribution in [0.5, 0.6) is 5.75 Å². The molecule has 1 saturated heterocycles. The van der Waals surface area contributed by atoms with E-state index in [1.54, 1.807) is 16.6 Å². The highest BCUT2D eigenvalue weighted by Crippen LogP contribution is 2.37. The molecule has 1 aliphatic heterocycles. The minimum absolute atomic E-state index is 0.0378. The molecular formula is C26H30FN5O8S. The zero-order valence-electron chi connectivity index (χ0n) is 22.4. The van der Waals surface area contributed by atoms with Crippen molar-refractivity contribution < 1.29 is 36.8 Å². The first kappa shape index (κ1) is 29.9. The number of oxime groups is 1. The molecule has 41 heavy (non-hydrogen) atoms. The van der Waals surface area contributed by atoms with E-state index in [9.17, 15) is 23.1 Å². The van der Waals surface area contributed by atoms with Gasteiger partial charge in [0, 0.05) is 31.2 Å². The third kappa shape index (κ3) is 7.36. The molecule has 4 N–H and O–H groups in total. The molecule has 2 aliphatic rings. The molecule has 3 heterocycles. The quantitative estimate of drug-likeness (QED) is 0.257. The van der Waals surface area contributed by atoms with Gasteiger partial charge in [-0.1, -0.05) is 17.3 Å². The number of fused-ring (bicyclic) bond motifs is 1. The molecule has 0 bridgehead atoms. The van der Waals surface area contributed by atoms with Gasteiger partial charge in [-0.15, -0.1) is 0 Å². The molecule has 0 amide bonds. The molecule has 13 nitrogen and oxygen atoms in total. The first-order valence-electron chi connectivity index (χ1n) is 12.6. The van der Waals surface area contributed by atoms with Crippen LogP contribution in [0.25, 0.3) is 11.0 Å². The Labute approximate surface area is 234 Å². The summed E-state index contributed by atoms with van der Waals surface area (Å²) in [4.78, 5) is 36.0. The fourth-order valence-corrected chi connectivity index (χ4v) is 4.39. The maximum Gasteiger partial charge on any atom is 0.341 e. The van der Waals surface area contributed by atoms with Gasteiger partial charge in [-0.3, -0.25) is 9.35 Å². The molecule has 0 spiro atoms. The van der Waals surface area contributed by atoms with Crippen molar-refractivity contribution in [3.63, 3.8) is 0 Å². The second kappa shape index (κ2) is 12.2. The average molecular weight is 592 g/mol. The standard InChI is InChI=1S/C25H26FN5O5.CH4O3S/c1-35-17-6-2-14(3-7-17)13-36-29-21-12-30(10-15(21)9-27)24-20(26)8-18-22(32)19(25(33)34)11-31(16-4-5-16)23(18)28-24;1-5(2,3)4/h2-3,6-8,11,15-16H,4-5,9-10,12-13,27H2,1H3,(H,33,34);1H3,(H,2,3,4)/b29-21+;. The SMILES string of the molecule is COc1ccc(CO/N=C2\CN(c3nc4c(cc3F)c(=O)c(C(=O)O)cn4C3CC3)CC2CN)cc1.CS(=O)(=O)O. The van der Waals surface area contributed by atoms with Crippen LogP contribution in [0.2, 0.25) is 0 Å². The summed E-state index contributed by atoms with van der Waals surface area (Å²) in [6.45, 7) is 1.20. The highest BCUT2D eigenvalue weighted by atomic mass is 32.2. The number of halogens is 1. The summed E-state index contributed by atoms with van der Waals surface area (Å²) in [6, 6.07) is 8.54. The van der Waals surface area contributed by atoms with Gasteiger partial charge in [-0.05, 0) is 36.6 Å². The fraction of sp³-hybridized carbons (Fsp3) is 0.385. The van der Waals surface area contributed by atoms with Crippen LogP contribution in [0.1, 0.15) is 34.8 Å². The van der Waals surface area contributed by atoms with Gasteiger partial charge in [0.1, 0.15) is 23.6 Å². The number of carboxylic acids is 1. The van der Waals surface area contributed by atoms with Crippen LogP contribution < -0.4 is 20.8 Å². The number of aromatic nitrogens is 2. The summed E-state index contributed by atoms with van der Waals surface area (Å²) in [5, 5.41) is 13.7. The zero-order chi connectivity index (χ0) is 29.9. The average Bonchev–Trinajstić information content (AvgIpc) is 3.67. The number of hydrogen-bond acceptors (Lipinski definition) is 10. The monoisotopic (exact) mass is 591 g/mol. The molecule has 1 aromatic carbocycles. The van der Waals surface area contributed by atoms with Crippen LogP contribution in [0.4, 0.5) is 10.2 Å². The number of nitrogens with zero attached hydrogens (tertiary/aromatic N) is 4. The Morgan fingerprint density at radius 1 is 1.27 bits per heavy atom. The Hall–Kier alpha value is -4.08. The summed E-state index contributed by atoms with van der Waals surface area (Å²) in [6.07, 6.45) is 3.71. The molecule has 3 aromatic rings. The molecule has 1 aliphatic carbocycles. The highest BCUT2D eigenvalue weighted by molar-refractivity contribution is 7.85. The lowest BCUT2D eigenvalue weighted by Gasteiger charge is -2.19. The van der Waals surface area contributed by atoms with Crippen LogP contribution in [-0.2, 0) is 21.6 Å². The molecule has 15 heteroatoms. The van der Waals surface area contributed by atoms with Gasteiger partial charge < -0.3 is 29.9 Å². The van der Waals surface area contributed by atoms with Crippen molar-refractivity contribution in [2.75, 3.05) is 37.9 Å². The minimum atomic E-state index is -3.67. The number of hydrogen-bond donors (Lipinski definition) is 3. The van der Waals surface area contributed by atoms with Gasteiger partial charge in [0.15, 0.2) is 11.6 Å². The Kier molecular flexibility index (Phi) is 8.89. The van der Waals surface area contributed by atoms with Gasteiger partial charge in [0.05, 0.1) is 31.0 Å². The van der Waals surface area contributed by atoms with E-state index in [-0.39, 0.29) is 42.0 Å². The fourth-order valence-electron chi connectivity index (χ4n) is 4.39. The topological polar surface area (TPSA) is 187 Å². The van der Waals surface area contributed by atoms with Crippen molar-refractivity contribution in [3.05, 3.63) is 63.7 Å². The smallest absolute Gasteiger partial charge is 0.341 e. The molecule has 220 valence electrons. The summed E-state index contributed by atoms with van der Waals surface area (Å²) < 4.78 is 47.9. The van der Waals surface area contributed by atoms with Crippen LogP contribution >= 0.6 is 0 Å². The van der Waals surface area contributed by atoms with Crippen LogP contribution in [0, 0.1) is 11.7 Å². The number of carbonyl (C=O) groups is 1. The number of nitrogens with two attached hydrogens (primary N) is 1. The number of ether oxygens (including phenoxy) is 1. The molecular weight excluding hydrogens is 561 g/mol. The number of anilines is 1. The Balaban J connectivity index is 0.000000714. The second-order valence-electron chi connectivity index (χ2n) is 9.73. The molecule has 1 atom stereocenters. The van der Waals surface area contributed by atoms with Crippen molar-refractivity contribution in [1.82, 2.24) is 9.55 Å². The summed E-state index contributed by atoms with van der Waals surface area (Å²) >= 11 is 0. The van der Waals surface area contributed by atoms with Crippen LogP contribution in [0.15, 0.2) is 46.5 Å². The lowest BCUT2D eigenvalue weighted by molar-refractivity contribution is 0.0694. The van der Waals surface area contributed by atoms with E-state index in [4.69, 9.17) is 19.9 Å². The molecule has 2 fully saturated rings. The van der Waals surface area contributed by atoms with Crippen LogP contribution in [0.3, 0.4) is 0 Å². The molecule has 2 aromatic heterocycles. The van der Waals surface area contributed by atoms with Gasteiger partial charge in [-0.25, -0.2) is 14.2 Å². The molecule has 0 radical (unpaired) electrons. The number of pyridine rings is 2. The number of carboxylic acid groups (broad SMARTS) is 1. The maximum absolute atomic E-state index is 15.2. The van der Waals surface area contributed by atoms with Crippen molar-refractivity contribution in [2.24, 2.45) is 16.8 Å². The van der Waals surface area contributed by atoms with E-state index in [0.29, 0.717) is 25.1 Å². The third-order valence-electron chi connectivity index (χ3n) is 6.53. The second-order valence-corrected chi connectivity index (χ2v) is 11.2. The molecule has 1 unspecified atom stereocenters. The molecule has 5 rings (SSSR count). The highest BCUT2D eigenvalue weighted by Gasteiger charge is 2.33.